The molecule has 0 saturated carbocycles. The molecular weight excluding hydrogens is 469 g/mol. The maximum absolute atomic E-state index is 13.3. The zero-order valence-corrected chi connectivity index (χ0v) is 18.7. The predicted molar refractivity (Wildman–Crippen MR) is 115 cm³/mol. The minimum atomic E-state index is -4.55. The normalized spacial score (nSPS) is 12.7. The summed E-state index contributed by atoms with van der Waals surface area (Å²) in [4.78, 5) is 26.0. The number of ether oxygens (including phenoxy) is 1. The van der Waals surface area contributed by atoms with Crippen molar-refractivity contribution in [3.63, 3.8) is 0 Å². The number of carbonyl (C=O) groups excluding carboxylic acids is 1. The van der Waals surface area contributed by atoms with E-state index in [2.05, 4.69) is 10.4 Å². The Morgan fingerprint density at radius 3 is 2.62 bits per heavy atom. The molecule has 0 radical (unpaired) electrons. The van der Waals surface area contributed by atoms with Crippen LogP contribution >= 0.6 is 22.9 Å². The third-order valence-electron chi connectivity index (χ3n) is 4.64. The van der Waals surface area contributed by atoms with Gasteiger partial charge in [-0.1, -0.05) is 29.8 Å². The molecule has 7 nitrogen and oxygen atoms in total. The number of hydrogen-bond acceptors (Lipinski definition) is 5. The van der Waals surface area contributed by atoms with Crippen molar-refractivity contribution in [3.8, 4) is 10.7 Å². The number of hydrogen-bond donors (Lipinski definition) is 1. The molecule has 172 valence electrons. The molecule has 12 heteroatoms. The molecular formula is C20H20ClF3N4O3S. The number of aromatic nitrogens is 3. The molecule has 0 aliphatic heterocycles. The van der Waals surface area contributed by atoms with E-state index in [0.29, 0.717) is 15.0 Å². The van der Waals surface area contributed by atoms with Crippen molar-refractivity contribution in [2.24, 2.45) is 0 Å². The van der Waals surface area contributed by atoms with E-state index in [4.69, 9.17) is 16.3 Å². The lowest BCUT2D eigenvalue weighted by molar-refractivity contribution is -0.138. The number of methoxy groups -OCH3 is 1. The molecule has 0 bridgehead atoms. The van der Waals surface area contributed by atoms with E-state index in [1.807, 2.05) is 0 Å². The van der Waals surface area contributed by atoms with Crippen LogP contribution in [0.25, 0.3) is 10.7 Å². The standard InChI is InChI=1S/C20H20ClF3N4O3S/c1-12(13-5-3-4-6-14(13)20(22,23)24)25-17(29)11-28-19(30)27(9-10-31-2)18(26-28)15-7-8-16(21)32-15/h3-8,12H,9-11H2,1-2H3,(H,25,29)/t12-/m0/s1. The highest BCUT2D eigenvalue weighted by Gasteiger charge is 2.34. The van der Waals surface area contributed by atoms with Crippen LogP contribution in [0.4, 0.5) is 13.2 Å². The van der Waals surface area contributed by atoms with Crippen LogP contribution in [-0.4, -0.2) is 34.0 Å². The lowest BCUT2D eigenvalue weighted by atomic mass is 10.0. The zero-order valence-electron chi connectivity index (χ0n) is 17.1. The minimum Gasteiger partial charge on any atom is -0.383 e. The Hall–Kier alpha value is -2.63. The van der Waals surface area contributed by atoms with E-state index in [9.17, 15) is 22.8 Å². The zero-order chi connectivity index (χ0) is 23.5. The van der Waals surface area contributed by atoms with Crippen molar-refractivity contribution in [1.82, 2.24) is 19.7 Å². The summed E-state index contributed by atoms with van der Waals surface area (Å²) in [6.45, 7) is 1.44. The first-order valence-electron chi connectivity index (χ1n) is 9.49. The molecule has 1 amide bonds. The van der Waals surface area contributed by atoms with E-state index in [-0.39, 0.29) is 18.7 Å². The van der Waals surface area contributed by atoms with Crippen LogP contribution in [0.5, 0.6) is 0 Å². The average molecular weight is 489 g/mol. The Morgan fingerprint density at radius 1 is 1.28 bits per heavy atom. The Labute approximate surface area is 190 Å². The van der Waals surface area contributed by atoms with Crippen LogP contribution in [0.3, 0.4) is 0 Å². The second-order valence-electron chi connectivity index (χ2n) is 6.89. The molecule has 1 N–H and O–H groups in total. The smallest absolute Gasteiger partial charge is 0.383 e. The Balaban J connectivity index is 1.82. The van der Waals surface area contributed by atoms with Crippen LogP contribution in [0.15, 0.2) is 41.2 Å². The number of nitrogens with zero attached hydrogens (tertiary/aromatic N) is 3. The Bertz CT molecular complexity index is 1160. The number of carbonyl (C=O) groups is 1. The third-order valence-corrected chi connectivity index (χ3v) is 5.87. The lowest BCUT2D eigenvalue weighted by Gasteiger charge is -2.19. The largest absolute Gasteiger partial charge is 0.416 e. The molecule has 1 atom stereocenters. The van der Waals surface area contributed by atoms with Crippen molar-refractivity contribution in [1.29, 1.82) is 0 Å². The molecule has 0 spiro atoms. The van der Waals surface area contributed by atoms with Crippen molar-refractivity contribution in [2.45, 2.75) is 32.2 Å². The molecule has 2 aromatic heterocycles. The number of benzene rings is 1. The second-order valence-corrected chi connectivity index (χ2v) is 8.60. The third kappa shape index (κ3) is 5.40. The molecule has 0 aliphatic rings. The van der Waals surface area contributed by atoms with Crippen LogP contribution in [0.2, 0.25) is 4.34 Å². The van der Waals surface area contributed by atoms with Gasteiger partial charge in [0.15, 0.2) is 5.82 Å². The summed E-state index contributed by atoms with van der Waals surface area (Å²) in [5.74, 6) is -0.323. The summed E-state index contributed by atoms with van der Waals surface area (Å²) in [5, 5.41) is 6.75. The fourth-order valence-corrected chi connectivity index (χ4v) is 4.22. The summed E-state index contributed by atoms with van der Waals surface area (Å²) in [6.07, 6.45) is -4.55. The van der Waals surface area contributed by atoms with E-state index in [1.54, 1.807) is 12.1 Å². The van der Waals surface area contributed by atoms with Gasteiger partial charge < -0.3 is 10.1 Å². The van der Waals surface area contributed by atoms with Gasteiger partial charge >= 0.3 is 11.9 Å². The van der Waals surface area contributed by atoms with Gasteiger partial charge in [0.2, 0.25) is 5.91 Å². The maximum Gasteiger partial charge on any atom is 0.416 e. The lowest BCUT2D eigenvalue weighted by Crippen LogP contribution is -2.35. The first-order chi connectivity index (χ1) is 15.1. The van der Waals surface area contributed by atoms with Gasteiger partial charge in [0, 0.05) is 7.11 Å². The molecule has 0 saturated heterocycles. The SMILES string of the molecule is COCCn1c(-c2ccc(Cl)s2)nn(CC(=O)N[C@@H](C)c2ccccc2C(F)(F)F)c1=O. The van der Waals surface area contributed by atoms with Crippen LogP contribution < -0.4 is 11.0 Å². The second kappa shape index (κ2) is 9.88. The van der Waals surface area contributed by atoms with Crippen molar-refractivity contribution < 1.29 is 22.7 Å². The van der Waals surface area contributed by atoms with E-state index in [1.165, 1.54) is 48.1 Å². The Kier molecular flexibility index (Phi) is 7.42. The molecule has 0 aliphatic carbocycles. The highest BCUT2D eigenvalue weighted by Crippen LogP contribution is 2.34. The quantitative estimate of drug-likeness (QED) is 0.520. The highest BCUT2D eigenvalue weighted by molar-refractivity contribution is 7.19. The summed E-state index contributed by atoms with van der Waals surface area (Å²) >= 11 is 7.21. The molecule has 3 aromatic rings. The summed E-state index contributed by atoms with van der Waals surface area (Å²) in [7, 11) is 1.49. The number of alkyl halides is 3. The van der Waals surface area contributed by atoms with E-state index < -0.39 is 35.9 Å². The van der Waals surface area contributed by atoms with Gasteiger partial charge in [0.1, 0.15) is 6.54 Å². The van der Waals surface area contributed by atoms with Crippen molar-refractivity contribution in [2.75, 3.05) is 13.7 Å². The van der Waals surface area contributed by atoms with Crippen LogP contribution in [0, 0.1) is 0 Å². The van der Waals surface area contributed by atoms with Crippen molar-refractivity contribution in [3.05, 3.63) is 62.3 Å². The number of thiophene rings is 1. The monoisotopic (exact) mass is 488 g/mol. The summed E-state index contributed by atoms with van der Waals surface area (Å²) < 4.78 is 47.7. The maximum atomic E-state index is 13.3. The van der Waals surface area contributed by atoms with Crippen LogP contribution in [-0.2, 0) is 28.8 Å². The molecule has 0 fully saturated rings. The van der Waals surface area contributed by atoms with Gasteiger partial charge in [0.25, 0.3) is 0 Å². The first-order valence-corrected chi connectivity index (χ1v) is 10.7. The van der Waals surface area contributed by atoms with Gasteiger partial charge in [-0.3, -0.25) is 9.36 Å². The first kappa shape index (κ1) is 24.0. The van der Waals surface area contributed by atoms with Crippen LogP contribution in [0.1, 0.15) is 24.1 Å². The van der Waals surface area contributed by atoms with E-state index in [0.717, 1.165) is 10.7 Å². The molecule has 1 aromatic carbocycles. The summed E-state index contributed by atoms with van der Waals surface area (Å²) in [5.41, 5.74) is -1.44. The highest BCUT2D eigenvalue weighted by atomic mass is 35.5. The predicted octanol–water partition coefficient (Wildman–Crippen LogP) is 3.97. The Morgan fingerprint density at radius 2 is 2.00 bits per heavy atom. The van der Waals surface area contributed by atoms with Gasteiger partial charge in [-0.2, -0.15) is 13.2 Å². The number of rotatable bonds is 8. The fraction of sp³-hybridized carbons (Fsp3) is 0.350. The van der Waals surface area contributed by atoms with Gasteiger partial charge in [-0.05, 0) is 30.7 Å². The van der Waals surface area contributed by atoms with Gasteiger partial charge in [-0.25, -0.2) is 9.48 Å². The average Bonchev–Trinajstić information content (AvgIpc) is 3.29. The van der Waals surface area contributed by atoms with Crippen molar-refractivity contribution >= 4 is 28.8 Å². The van der Waals surface area contributed by atoms with Gasteiger partial charge in [0.05, 0.1) is 34.0 Å². The molecule has 3 rings (SSSR count). The molecule has 2 heterocycles. The fourth-order valence-electron chi connectivity index (χ4n) is 3.18. The molecule has 0 unspecified atom stereocenters. The number of halogens is 4. The number of nitrogens with one attached hydrogen (secondary N) is 1. The minimum absolute atomic E-state index is 0.0692. The summed E-state index contributed by atoms with van der Waals surface area (Å²) in [6, 6.07) is 7.45. The van der Waals surface area contributed by atoms with Gasteiger partial charge in [-0.15, -0.1) is 16.4 Å². The van der Waals surface area contributed by atoms with E-state index >= 15 is 0 Å². The number of amides is 1. The molecule has 32 heavy (non-hydrogen) atoms. The topological polar surface area (TPSA) is 78.2 Å².